The molecule has 0 saturated carbocycles. The Balaban J connectivity index is 2.02. The lowest BCUT2D eigenvalue weighted by molar-refractivity contribution is 0.479. The molecular weight excluding hydrogens is 184 g/mol. The van der Waals surface area contributed by atoms with Crippen molar-refractivity contribution in [2.45, 2.75) is 32.7 Å². The van der Waals surface area contributed by atoms with Gasteiger partial charge in [0.2, 0.25) is 0 Å². The van der Waals surface area contributed by atoms with Gasteiger partial charge in [-0.25, -0.2) is 0 Å². The van der Waals surface area contributed by atoms with Crippen molar-refractivity contribution in [1.82, 2.24) is 5.32 Å². The van der Waals surface area contributed by atoms with Gasteiger partial charge in [0.15, 0.2) is 0 Å². The van der Waals surface area contributed by atoms with E-state index in [1.165, 1.54) is 29.7 Å². The number of aryl methyl sites for hydroxylation is 2. The summed E-state index contributed by atoms with van der Waals surface area (Å²) in [4.78, 5) is 0. The van der Waals surface area contributed by atoms with E-state index in [0.29, 0.717) is 6.04 Å². The lowest BCUT2D eigenvalue weighted by Crippen LogP contribution is -2.35. The number of hydrogen-bond donors (Lipinski definition) is 2. The molecule has 0 spiro atoms. The average molecular weight is 204 g/mol. The lowest BCUT2D eigenvalue weighted by atomic mass is 10.1. The summed E-state index contributed by atoms with van der Waals surface area (Å²) < 4.78 is 0. The SMILES string of the molecule is Cc1cc(C)cc(NC2CCNCC2)c1. The smallest absolute Gasteiger partial charge is 0.0347 e. The third kappa shape index (κ3) is 2.96. The Bertz CT molecular complexity index is 307. The van der Waals surface area contributed by atoms with Crippen LogP contribution >= 0.6 is 0 Å². The number of piperidine rings is 1. The Morgan fingerprint density at radius 3 is 2.27 bits per heavy atom. The van der Waals surface area contributed by atoms with Gasteiger partial charge in [0.25, 0.3) is 0 Å². The van der Waals surface area contributed by atoms with E-state index in [1.807, 2.05) is 0 Å². The van der Waals surface area contributed by atoms with E-state index in [-0.39, 0.29) is 0 Å². The van der Waals surface area contributed by atoms with Crippen molar-refractivity contribution in [3.8, 4) is 0 Å². The molecular formula is C13H20N2. The van der Waals surface area contributed by atoms with E-state index >= 15 is 0 Å². The Morgan fingerprint density at radius 2 is 1.67 bits per heavy atom. The van der Waals surface area contributed by atoms with Crippen LogP contribution in [0.15, 0.2) is 18.2 Å². The van der Waals surface area contributed by atoms with Crippen LogP contribution in [-0.2, 0) is 0 Å². The second-order valence-electron chi connectivity index (χ2n) is 4.54. The molecule has 1 saturated heterocycles. The van der Waals surface area contributed by atoms with Crippen LogP contribution in [0, 0.1) is 13.8 Å². The first-order valence-corrected chi connectivity index (χ1v) is 5.79. The first-order valence-electron chi connectivity index (χ1n) is 5.79. The monoisotopic (exact) mass is 204 g/mol. The van der Waals surface area contributed by atoms with E-state index in [2.05, 4.69) is 42.7 Å². The fourth-order valence-electron chi connectivity index (χ4n) is 2.26. The van der Waals surface area contributed by atoms with Gasteiger partial charge in [-0.05, 0) is 63.0 Å². The maximum Gasteiger partial charge on any atom is 0.0347 e. The second kappa shape index (κ2) is 4.67. The third-order valence-corrected chi connectivity index (χ3v) is 2.93. The van der Waals surface area contributed by atoms with Gasteiger partial charge in [-0.1, -0.05) is 6.07 Å². The van der Waals surface area contributed by atoms with Crippen molar-refractivity contribution in [3.63, 3.8) is 0 Å². The number of hydrogen-bond acceptors (Lipinski definition) is 2. The van der Waals surface area contributed by atoms with Crippen LogP contribution in [0.3, 0.4) is 0 Å². The van der Waals surface area contributed by atoms with E-state index < -0.39 is 0 Å². The zero-order valence-corrected chi connectivity index (χ0v) is 9.64. The van der Waals surface area contributed by atoms with Gasteiger partial charge < -0.3 is 10.6 Å². The second-order valence-corrected chi connectivity index (χ2v) is 4.54. The highest BCUT2D eigenvalue weighted by molar-refractivity contribution is 5.49. The fourth-order valence-corrected chi connectivity index (χ4v) is 2.26. The molecule has 0 amide bonds. The number of nitrogens with one attached hydrogen (secondary N) is 2. The van der Waals surface area contributed by atoms with Gasteiger partial charge >= 0.3 is 0 Å². The summed E-state index contributed by atoms with van der Waals surface area (Å²) in [5.41, 5.74) is 3.96. The molecule has 2 N–H and O–H groups in total. The molecule has 1 aliphatic rings. The molecule has 1 aliphatic heterocycles. The van der Waals surface area contributed by atoms with Crippen molar-refractivity contribution in [1.29, 1.82) is 0 Å². The molecule has 0 radical (unpaired) electrons. The van der Waals surface area contributed by atoms with Crippen LogP contribution in [0.4, 0.5) is 5.69 Å². The molecule has 1 aromatic rings. The van der Waals surface area contributed by atoms with Gasteiger partial charge in [0, 0.05) is 11.7 Å². The van der Waals surface area contributed by atoms with Crippen molar-refractivity contribution in [3.05, 3.63) is 29.3 Å². The van der Waals surface area contributed by atoms with E-state index in [4.69, 9.17) is 0 Å². The first-order chi connectivity index (χ1) is 7.24. The Labute approximate surface area is 92.1 Å². The largest absolute Gasteiger partial charge is 0.382 e. The minimum atomic E-state index is 0.646. The average Bonchev–Trinajstić information content (AvgIpc) is 2.17. The third-order valence-electron chi connectivity index (χ3n) is 2.93. The Hall–Kier alpha value is -1.02. The molecule has 15 heavy (non-hydrogen) atoms. The van der Waals surface area contributed by atoms with Gasteiger partial charge in [-0.3, -0.25) is 0 Å². The molecule has 1 aromatic carbocycles. The van der Waals surface area contributed by atoms with Crippen molar-refractivity contribution in [2.75, 3.05) is 18.4 Å². The van der Waals surface area contributed by atoms with Crippen LogP contribution in [0.2, 0.25) is 0 Å². The highest BCUT2D eigenvalue weighted by Gasteiger charge is 2.12. The standard InChI is InChI=1S/C13H20N2/c1-10-7-11(2)9-13(8-10)15-12-3-5-14-6-4-12/h7-9,12,14-15H,3-6H2,1-2H3. The molecule has 82 valence electrons. The van der Waals surface area contributed by atoms with Gasteiger partial charge in [0.1, 0.15) is 0 Å². The van der Waals surface area contributed by atoms with Crippen LogP contribution in [0.25, 0.3) is 0 Å². The predicted octanol–water partition coefficient (Wildman–Crippen LogP) is 2.47. The Kier molecular flexibility index (Phi) is 3.27. The first kappa shape index (κ1) is 10.5. The summed E-state index contributed by atoms with van der Waals surface area (Å²) in [6.45, 7) is 6.59. The van der Waals surface area contributed by atoms with Crippen LogP contribution in [-0.4, -0.2) is 19.1 Å². The summed E-state index contributed by atoms with van der Waals surface area (Å²) in [6.07, 6.45) is 2.46. The molecule has 0 aliphatic carbocycles. The predicted molar refractivity (Wildman–Crippen MR) is 65.4 cm³/mol. The van der Waals surface area contributed by atoms with E-state index in [1.54, 1.807) is 0 Å². The van der Waals surface area contributed by atoms with Gasteiger partial charge in [0.05, 0.1) is 0 Å². The summed E-state index contributed by atoms with van der Waals surface area (Å²) in [7, 11) is 0. The maximum absolute atomic E-state index is 3.62. The van der Waals surface area contributed by atoms with Gasteiger partial charge in [-0.2, -0.15) is 0 Å². The maximum atomic E-state index is 3.62. The molecule has 0 bridgehead atoms. The molecule has 2 heteroatoms. The van der Waals surface area contributed by atoms with Crippen molar-refractivity contribution >= 4 is 5.69 Å². The van der Waals surface area contributed by atoms with Crippen molar-refractivity contribution in [2.24, 2.45) is 0 Å². The zero-order valence-electron chi connectivity index (χ0n) is 9.64. The van der Waals surface area contributed by atoms with E-state index in [0.717, 1.165) is 13.1 Å². The van der Waals surface area contributed by atoms with Crippen LogP contribution < -0.4 is 10.6 Å². The quantitative estimate of drug-likeness (QED) is 0.773. The van der Waals surface area contributed by atoms with Crippen LogP contribution in [0.1, 0.15) is 24.0 Å². The highest BCUT2D eigenvalue weighted by Crippen LogP contribution is 2.17. The molecule has 1 fully saturated rings. The minimum absolute atomic E-state index is 0.646. The minimum Gasteiger partial charge on any atom is -0.382 e. The summed E-state index contributed by atoms with van der Waals surface area (Å²) in [5.74, 6) is 0. The number of benzene rings is 1. The van der Waals surface area contributed by atoms with Crippen LogP contribution in [0.5, 0.6) is 0 Å². The molecule has 2 rings (SSSR count). The molecule has 2 nitrogen and oxygen atoms in total. The fraction of sp³-hybridized carbons (Fsp3) is 0.538. The van der Waals surface area contributed by atoms with Gasteiger partial charge in [-0.15, -0.1) is 0 Å². The van der Waals surface area contributed by atoms with E-state index in [9.17, 15) is 0 Å². The van der Waals surface area contributed by atoms with Crippen molar-refractivity contribution < 1.29 is 0 Å². The summed E-state index contributed by atoms with van der Waals surface area (Å²) in [5, 5.41) is 7.01. The normalized spacial score (nSPS) is 17.7. The summed E-state index contributed by atoms with van der Waals surface area (Å²) >= 11 is 0. The highest BCUT2D eigenvalue weighted by atomic mass is 15.0. The molecule has 1 heterocycles. The molecule has 0 unspecified atom stereocenters. The summed E-state index contributed by atoms with van der Waals surface area (Å²) in [6, 6.07) is 7.32. The topological polar surface area (TPSA) is 24.1 Å². The zero-order chi connectivity index (χ0) is 10.7. The molecule has 0 atom stereocenters. The Morgan fingerprint density at radius 1 is 1.07 bits per heavy atom. The molecule has 0 aromatic heterocycles. The lowest BCUT2D eigenvalue weighted by Gasteiger charge is -2.25. The number of anilines is 1. The number of rotatable bonds is 2.